The number of hydrogen-bond acceptors (Lipinski definition) is 4. The second-order valence-corrected chi connectivity index (χ2v) is 2.84. The summed E-state index contributed by atoms with van der Waals surface area (Å²) in [6.07, 6.45) is 2.78. The van der Waals surface area contributed by atoms with E-state index in [0.717, 1.165) is 18.7 Å². The molecule has 0 aliphatic heterocycles. The highest BCUT2D eigenvalue weighted by atomic mass is 15.4. The Bertz CT molecular complexity index is 229. The smallest absolute Gasteiger partial charge is 0.0991 e. The van der Waals surface area contributed by atoms with Crippen molar-refractivity contribution in [2.75, 3.05) is 6.54 Å². The lowest BCUT2D eigenvalue weighted by Gasteiger charge is -1.97. The predicted octanol–water partition coefficient (Wildman–Crippen LogP) is -0.353. The highest BCUT2D eigenvalue weighted by Crippen LogP contribution is 2.03. The summed E-state index contributed by atoms with van der Waals surface area (Å²) in [5, 5.41) is 7.82. The maximum Gasteiger partial charge on any atom is 0.0991 e. The molecule has 0 amide bonds. The van der Waals surface area contributed by atoms with Gasteiger partial charge in [-0.15, -0.1) is 5.10 Å². The topological polar surface area (TPSA) is 82.8 Å². The number of nitrogens with zero attached hydrogens (tertiary/aromatic N) is 3. The Hall–Kier alpha value is -0.940. The SMILES string of the molecule is CC(N)c1cn(CCCN)nn1. The molecule has 1 rings (SSSR count). The van der Waals surface area contributed by atoms with Crippen LogP contribution in [0.25, 0.3) is 0 Å². The van der Waals surface area contributed by atoms with Crippen molar-refractivity contribution in [3.05, 3.63) is 11.9 Å². The molecule has 5 heteroatoms. The Morgan fingerprint density at radius 2 is 2.42 bits per heavy atom. The van der Waals surface area contributed by atoms with Gasteiger partial charge < -0.3 is 11.5 Å². The van der Waals surface area contributed by atoms with Crippen LogP contribution < -0.4 is 11.5 Å². The van der Waals surface area contributed by atoms with Gasteiger partial charge in [0.25, 0.3) is 0 Å². The number of hydrogen-bond donors (Lipinski definition) is 2. The average Bonchev–Trinajstić information content (AvgIpc) is 2.48. The molecular weight excluding hydrogens is 154 g/mol. The minimum absolute atomic E-state index is 0.0448. The molecule has 68 valence electrons. The van der Waals surface area contributed by atoms with Crippen LogP contribution in [0.15, 0.2) is 6.20 Å². The molecule has 1 heterocycles. The fourth-order valence-electron chi connectivity index (χ4n) is 0.885. The van der Waals surface area contributed by atoms with E-state index in [1.165, 1.54) is 0 Å². The van der Waals surface area contributed by atoms with Crippen LogP contribution in [0.2, 0.25) is 0 Å². The fourth-order valence-corrected chi connectivity index (χ4v) is 0.885. The number of rotatable bonds is 4. The molecule has 0 radical (unpaired) electrons. The minimum Gasteiger partial charge on any atom is -0.330 e. The number of aromatic nitrogens is 3. The van der Waals surface area contributed by atoms with Gasteiger partial charge in [0, 0.05) is 12.6 Å². The van der Waals surface area contributed by atoms with E-state index >= 15 is 0 Å². The first-order valence-electron chi connectivity index (χ1n) is 4.09. The molecule has 1 unspecified atom stereocenters. The molecule has 5 nitrogen and oxygen atoms in total. The van der Waals surface area contributed by atoms with Crippen molar-refractivity contribution in [2.45, 2.75) is 25.9 Å². The van der Waals surface area contributed by atoms with E-state index in [1.807, 2.05) is 13.1 Å². The van der Waals surface area contributed by atoms with Gasteiger partial charge in [-0.05, 0) is 19.9 Å². The van der Waals surface area contributed by atoms with Gasteiger partial charge >= 0.3 is 0 Å². The lowest BCUT2D eigenvalue weighted by Crippen LogP contribution is -2.06. The summed E-state index contributed by atoms with van der Waals surface area (Å²) in [6.45, 7) is 3.38. The second-order valence-electron chi connectivity index (χ2n) is 2.84. The van der Waals surface area contributed by atoms with Crippen LogP contribution in [0.4, 0.5) is 0 Å². The van der Waals surface area contributed by atoms with E-state index < -0.39 is 0 Å². The summed E-state index contributed by atoms with van der Waals surface area (Å²) in [5.74, 6) is 0. The van der Waals surface area contributed by atoms with E-state index in [9.17, 15) is 0 Å². The van der Waals surface area contributed by atoms with Gasteiger partial charge in [-0.25, -0.2) is 0 Å². The first-order valence-corrected chi connectivity index (χ1v) is 4.09. The van der Waals surface area contributed by atoms with Gasteiger partial charge in [0.05, 0.1) is 11.9 Å². The standard InChI is InChI=1S/C7H15N5/c1-6(9)7-5-12(11-10-7)4-2-3-8/h5-6H,2-4,8-9H2,1H3. The highest BCUT2D eigenvalue weighted by molar-refractivity contribution is 4.97. The first kappa shape index (κ1) is 9.15. The molecule has 1 aromatic rings. The molecule has 0 aliphatic rings. The van der Waals surface area contributed by atoms with Crippen LogP contribution in [0, 0.1) is 0 Å². The van der Waals surface area contributed by atoms with Gasteiger partial charge in [-0.3, -0.25) is 4.68 Å². The van der Waals surface area contributed by atoms with Gasteiger partial charge in [0.15, 0.2) is 0 Å². The molecule has 0 saturated carbocycles. The summed E-state index contributed by atoms with van der Waals surface area (Å²) >= 11 is 0. The van der Waals surface area contributed by atoms with E-state index in [4.69, 9.17) is 11.5 Å². The Labute approximate surface area is 71.7 Å². The van der Waals surface area contributed by atoms with Crippen molar-refractivity contribution >= 4 is 0 Å². The second kappa shape index (κ2) is 4.18. The van der Waals surface area contributed by atoms with Crippen molar-refractivity contribution < 1.29 is 0 Å². The zero-order chi connectivity index (χ0) is 8.97. The molecule has 0 saturated heterocycles. The van der Waals surface area contributed by atoms with Crippen molar-refractivity contribution in [3.8, 4) is 0 Å². The Balaban J connectivity index is 2.52. The van der Waals surface area contributed by atoms with Crippen LogP contribution in [0.1, 0.15) is 25.1 Å². The maximum absolute atomic E-state index is 5.62. The lowest BCUT2D eigenvalue weighted by atomic mass is 10.3. The molecule has 4 N–H and O–H groups in total. The van der Waals surface area contributed by atoms with Crippen molar-refractivity contribution in [1.29, 1.82) is 0 Å². The van der Waals surface area contributed by atoms with Crippen LogP contribution in [-0.4, -0.2) is 21.5 Å². The zero-order valence-corrected chi connectivity index (χ0v) is 7.27. The normalized spacial score (nSPS) is 13.2. The molecule has 0 fully saturated rings. The van der Waals surface area contributed by atoms with E-state index in [0.29, 0.717) is 6.54 Å². The number of nitrogens with two attached hydrogens (primary N) is 2. The summed E-state index contributed by atoms with van der Waals surface area (Å²) in [5.41, 5.74) is 11.8. The van der Waals surface area contributed by atoms with Gasteiger partial charge in [0.1, 0.15) is 0 Å². The molecular formula is C7H15N5. The van der Waals surface area contributed by atoms with E-state index in [-0.39, 0.29) is 6.04 Å². The van der Waals surface area contributed by atoms with E-state index in [1.54, 1.807) is 4.68 Å². The Morgan fingerprint density at radius 1 is 1.67 bits per heavy atom. The average molecular weight is 169 g/mol. The molecule has 1 aromatic heterocycles. The zero-order valence-electron chi connectivity index (χ0n) is 7.27. The van der Waals surface area contributed by atoms with Gasteiger partial charge in [-0.2, -0.15) is 0 Å². The summed E-state index contributed by atoms with van der Waals surface area (Å²) < 4.78 is 1.77. The monoisotopic (exact) mass is 169 g/mol. The first-order chi connectivity index (χ1) is 5.74. The summed E-state index contributed by atoms with van der Waals surface area (Å²) in [7, 11) is 0. The quantitative estimate of drug-likeness (QED) is 0.645. The molecule has 0 spiro atoms. The highest BCUT2D eigenvalue weighted by Gasteiger charge is 2.03. The minimum atomic E-state index is -0.0448. The van der Waals surface area contributed by atoms with Crippen molar-refractivity contribution in [3.63, 3.8) is 0 Å². The predicted molar refractivity (Wildman–Crippen MR) is 46.3 cm³/mol. The van der Waals surface area contributed by atoms with Crippen LogP contribution in [-0.2, 0) is 6.54 Å². The lowest BCUT2D eigenvalue weighted by molar-refractivity contribution is 0.564. The largest absolute Gasteiger partial charge is 0.330 e. The van der Waals surface area contributed by atoms with Gasteiger partial charge in [-0.1, -0.05) is 5.21 Å². The van der Waals surface area contributed by atoms with Crippen LogP contribution in [0.3, 0.4) is 0 Å². The fraction of sp³-hybridized carbons (Fsp3) is 0.714. The van der Waals surface area contributed by atoms with Crippen LogP contribution >= 0.6 is 0 Å². The molecule has 0 aromatic carbocycles. The molecule has 12 heavy (non-hydrogen) atoms. The van der Waals surface area contributed by atoms with Crippen molar-refractivity contribution in [2.24, 2.45) is 11.5 Å². The van der Waals surface area contributed by atoms with Crippen molar-refractivity contribution in [1.82, 2.24) is 15.0 Å². The van der Waals surface area contributed by atoms with Gasteiger partial charge in [0.2, 0.25) is 0 Å². The number of aryl methyl sites for hydroxylation is 1. The summed E-state index contributed by atoms with van der Waals surface area (Å²) in [4.78, 5) is 0. The molecule has 1 atom stereocenters. The van der Waals surface area contributed by atoms with Crippen LogP contribution in [0.5, 0.6) is 0 Å². The molecule has 0 bridgehead atoms. The molecule has 0 aliphatic carbocycles. The Kier molecular flexibility index (Phi) is 3.19. The Morgan fingerprint density at radius 3 is 2.92 bits per heavy atom. The third-order valence-electron chi connectivity index (χ3n) is 1.61. The van der Waals surface area contributed by atoms with E-state index in [2.05, 4.69) is 10.3 Å². The maximum atomic E-state index is 5.62. The summed E-state index contributed by atoms with van der Waals surface area (Å²) in [6, 6.07) is -0.0448. The third kappa shape index (κ3) is 2.28. The third-order valence-corrected chi connectivity index (χ3v) is 1.61.